The highest BCUT2D eigenvalue weighted by Crippen LogP contribution is 2.34. The highest BCUT2D eigenvalue weighted by molar-refractivity contribution is 8.26. The van der Waals surface area contributed by atoms with E-state index in [1.165, 1.54) is 35.9 Å². The SMILES string of the molecule is COc1ccc(C=C2SC(=S)N(CCCC(=O)NNC(=O)c3ccccc3O)C2=O)cc1OC. The van der Waals surface area contributed by atoms with Gasteiger partial charge in [0.15, 0.2) is 11.5 Å². The summed E-state index contributed by atoms with van der Waals surface area (Å²) in [6.45, 7) is 0.259. The Morgan fingerprint density at radius 3 is 2.56 bits per heavy atom. The van der Waals surface area contributed by atoms with Gasteiger partial charge in [-0.2, -0.15) is 0 Å². The van der Waals surface area contributed by atoms with Crippen molar-refractivity contribution in [2.45, 2.75) is 12.8 Å². The van der Waals surface area contributed by atoms with Gasteiger partial charge < -0.3 is 14.6 Å². The maximum atomic E-state index is 12.8. The van der Waals surface area contributed by atoms with E-state index in [1.54, 1.807) is 37.5 Å². The molecule has 1 aliphatic rings. The molecular formula is C23H23N3O6S2. The number of thiocarbonyl (C=S) groups is 1. The lowest BCUT2D eigenvalue weighted by molar-refractivity contribution is -0.124. The zero-order valence-electron chi connectivity index (χ0n) is 18.5. The van der Waals surface area contributed by atoms with Gasteiger partial charge in [0, 0.05) is 13.0 Å². The van der Waals surface area contributed by atoms with Crippen LogP contribution in [-0.2, 0) is 9.59 Å². The molecule has 1 fully saturated rings. The Bertz CT molecular complexity index is 1150. The number of phenols is 1. The minimum Gasteiger partial charge on any atom is -0.507 e. The fourth-order valence-electron chi connectivity index (χ4n) is 3.11. The van der Waals surface area contributed by atoms with Crippen LogP contribution in [0.2, 0.25) is 0 Å². The first-order chi connectivity index (χ1) is 16.3. The van der Waals surface area contributed by atoms with Crippen molar-refractivity contribution >= 4 is 52.1 Å². The fraction of sp³-hybridized carbons (Fsp3) is 0.217. The molecule has 0 aromatic heterocycles. The lowest BCUT2D eigenvalue weighted by Crippen LogP contribution is -2.42. The maximum absolute atomic E-state index is 12.8. The Labute approximate surface area is 206 Å². The molecule has 3 amide bonds. The number of nitrogens with zero attached hydrogens (tertiary/aromatic N) is 1. The minimum absolute atomic E-state index is 0.0432. The first kappa shape index (κ1) is 25.1. The summed E-state index contributed by atoms with van der Waals surface area (Å²) in [5.41, 5.74) is 5.35. The molecular weight excluding hydrogens is 478 g/mol. The molecule has 0 saturated carbocycles. The molecule has 1 heterocycles. The van der Waals surface area contributed by atoms with Crippen molar-refractivity contribution in [3.05, 3.63) is 58.5 Å². The zero-order chi connectivity index (χ0) is 24.7. The van der Waals surface area contributed by atoms with Crippen molar-refractivity contribution in [1.29, 1.82) is 0 Å². The number of ether oxygens (including phenoxy) is 2. The van der Waals surface area contributed by atoms with Crippen LogP contribution in [0.15, 0.2) is 47.4 Å². The normalized spacial score (nSPS) is 14.3. The number of thioether (sulfide) groups is 1. The van der Waals surface area contributed by atoms with E-state index in [0.717, 1.165) is 5.56 Å². The standard InChI is InChI=1S/C23H23N3O6S2/c1-31-17-10-9-14(12-18(17)32-2)13-19-22(30)26(23(33)34-19)11-5-8-20(28)24-25-21(29)15-6-3-4-7-16(15)27/h3-4,6-7,9-10,12-13,27H,5,8,11H2,1-2H3,(H,24,28)(H,25,29). The van der Waals surface area contributed by atoms with Gasteiger partial charge in [0.25, 0.3) is 11.8 Å². The second-order valence-electron chi connectivity index (χ2n) is 7.07. The molecule has 3 N–H and O–H groups in total. The van der Waals surface area contributed by atoms with Crippen molar-refractivity contribution in [2.24, 2.45) is 0 Å². The number of para-hydroxylation sites is 1. The number of phenolic OH excluding ortho intramolecular Hbond substituents is 1. The van der Waals surface area contributed by atoms with Gasteiger partial charge in [-0.05, 0) is 42.3 Å². The van der Waals surface area contributed by atoms with E-state index in [1.807, 2.05) is 6.07 Å². The third-order valence-corrected chi connectivity index (χ3v) is 6.21. The van der Waals surface area contributed by atoms with E-state index in [-0.39, 0.29) is 30.2 Å². The molecule has 178 valence electrons. The molecule has 0 spiro atoms. The Hall–Kier alpha value is -3.57. The highest BCUT2D eigenvalue weighted by Gasteiger charge is 2.31. The molecule has 1 saturated heterocycles. The van der Waals surface area contributed by atoms with Crippen LogP contribution in [0.4, 0.5) is 0 Å². The van der Waals surface area contributed by atoms with Gasteiger partial charge >= 0.3 is 0 Å². The van der Waals surface area contributed by atoms with Crippen LogP contribution in [0, 0.1) is 0 Å². The predicted molar refractivity (Wildman–Crippen MR) is 132 cm³/mol. The molecule has 0 bridgehead atoms. The number of hydrogen-bond donors (Lipinski definition) is 3. The van der Waals surface area contributed by atoms with Crippen LogP contribution in [0.5, 0.6) is 17.2 Å². The summed E-state index contributed by atoms with van der Waals surface area (Å²) >= 11 is 6.52. The van der Waals surface area contributed by atoms with E-state index in [4.69, 9.17) is 21.7 Å². The number of nitrogens with one attached hydrogen (secondary N) is 2. The van der Waals surface area contributed by atoms with Crippen LogP contribution in [0.3, 0.4) is 0 Å². The zero-order valence-corrected chi connectivity index (χ0v) is 20.1. The summed E-state index contributed by atoms with van der Waals surface area (Å²) in [4.78, 5) is 38.8. The van der Waals surface area contributed by atoms with Gasteiger partial charge in [0.2, 0.25) is 5.91 Å². The number of benzene rings is 2. The second-order valence-corrected chi connectivity index (χ2v) is 8.75. The summed E-state index contributed by atoms with van der Waals surface area (Å²) in [6, 6.07) is 11.3. The topological polar surface area (TPSA) is 117 Å². The van der Waals surface area contributed by atoms with Gasteiger partial charge in [-0.3, -0.25) is 30.1 Å². The number of amides is 3. The number of hydrazine groups is 1. The summed E-state index contributed by atoms with van der Waals surface area (Å²) in [7, 11) is 3.08. The lowest BCUT2D eigenvalue weighted by Gasteiger charge is -2.14. The van der Waals surface area contributed by atoms with E-state index >= 15 is 0 Å². The van der Waals surface area contributed by atoms with Crippen molar-refractivity contribution in [3.8, 4) is 17.2 Å². The lowest BCUT2D eigenvalue weighted by atomic mass is 10.2. The van der Waals surface area contributed by atoms with Crippen molar-refractivity contribution in [3.63, 3.8) is 0 Å². The molecule has 2 aromatic rings. The first-order valence-electron chi connectivity index (χ1n) is 10.2. The second kappa shape index (κ2) is 11.5. The molecule has 34 heavy (non-hydrogen) atoms. The molecule has 0 aliphatic carbocycles. The Balaban J connectivity index is 1.51. The molecule has 9 nitrogen and oxygen atoms in total. The molecule has 3 rings (SSSR count). The van der Waals surface area contributed by atoms with Gasteiger partial charge in [-0.1, -0.05) is 42.2 Å². The summed E-state index contributed by atoms with van der Waals surface area (Å²) in [5, 5.41) is 9.68. The third-order valence-electron chi connectivity index (χ3n) is 4.83. The largest absolute Gasteiger partial charge is 0.507 e. The number of aromatic hydroxyl groups is 1. The number of hydrogen-bond acceptors (Lipinski definition) is 8. The number of carbonyl (C=O) groups is 3. The van der Waals surface area contributed by atoms with E-state index in [0.29, 0.717) is 27.1 Å². The van der Waals surface area contributed by atoms with Gasteiger partial charge in [-0.25, -0.2) is 0 Å². The predicted octanol–water partition coefficient (Wildman–Crippen LogP) is 2.85. The van der Waals surface area contributed by atoms with Gasteiger partial charge in [0.05, 0.1) is 24.7 Å². The molecule has 0 radical (unpaired) electrons. The highest BCUT2D eigenvalue weighted by atomic mass is 32.2. The number of rotatable bonds is 8. The monoisotopic (exact) mass is 501 g/mol. The Morgan fingerprint density at radius 1 is 1.12 bits per heavy atom. The van der Waals surface area contributed by atoms with Crippen LogP contribution in [0.1, 0.15) is 28.8 Å². The smallest absolute Gasteiger partial charge is 0.273 e. The summed E-state index contributed by atoms with van der Waals surface area (Å²) in [6.07, 6.45) is 2.13. The number of carbonyl (C=O) groups excluding carboxylic acids is 3. The Kier molecular flexibility index (Phi) is 8.50. The summed E-state index contributed by atoms with van der Waals surface area (Å²) < 4.78 is 10.9. The first-order valence-corrected chi connectivity index (χ1v) is 11.4. The van der Waals surface area contributed by atoms with Gasteiger partial charge in [0.1, 0.15) is 10.1 Å². The van der Waals surface area contributed by atoms with E-state index < -0.39 is 11.8 Å². The average Bonchev–Trinajstić information content (AvgIpc) is 3.10. The molecule has 0 atom stereocenters. The number of methoxy groups -OCH3 is 2. The third kappa shape index (κ3) is 6.06. The molecule has 1 aliphatic heterocycles. The average molecular weight is 502 g/mol. The Morgan fingerprint density at radius 2 is 1.85 bits per heavy atom. The molecule has 2 aromatic carbocycles. The fourth-order valence-corrected chi connectivity index (χ4v) is 4.41. The maximum Gasteiger partial charge on any atom is 0.273 e. The van der Waals surface area contributed by atoms with E-state index in [9.17, 15) is 19.5 Å². The van der Waals surface area contributed by atoms with Crippen LogP contribution in [-0.4, -0.2) is 52.8 Å². The summed E-state index contributed by atoms with van der Waals surface area (Å²) in [5.74, 6) is -0.365. The van der Waals surface area contributed by atoms with Crippen molar-refractivity contribution < 1.29 is 29.0 Å². The molecule has 0 unspecified atom stereocenters. The van der Waals surface area contributed by atoms with Crippen molar-refractivity contribution in [1.82, 2.24) is 15.8 Å². The molecule has 11 heteroatoms. The van der Waals surface area contributed by atoms with Crippen LogP contribution in [0.25, 0.3) is 6.08 Å². The minimum atomic E-state index is -0.635. The van der Waals surface area contributed by atoms with Crippen LogP contribution >= 0.6 is 24.0 Å². The van der Waals surface area contributed by atoms with E-state index in [2.05, 4.69) is 10.9 Å². The van der Waals surface area contributed by atoms with Gasteiger partial charge in [-0.15, -0.1) is 0 Å². The van der Waals surface area contributed by atoms with Crippen LogP contribution < -0.4 is 20.3 Å². The quantitative estimate of drug-likeness (QED) is 0.287. The van der Waals surface area contributed by atoms with Crippen molar-refractivity contribution in [2.75, 3.05) is 20.8 Å².